The van der Waals surface area contributed by atoms with E-state index in [0.717, 1.165) is 16.7 Å². The summed E-state index contributed by atoms with van der Waals surface area (Å²) in [5.74, 6) is -2.74. The molecule has 1 heterocycles. The molecule has 0 unspecified atom stereocenters. The van der Waals surface area contributed by atoms with E-state index >= 15 is 4.39 Å². The monoisotopic (exact) mass is 516 g/mol. The van der Waals surface area contributed by atoms with Crippen molar-refractivity contribution in [2.24, 2.45) is 0 Å². The van der Waals surface area contributed by atoms with Crippen LogP contribution in [0.4, 0.5) is 8.78 Å². The molecule has 190 valence electrons. The Morgan fingerprint density at radius 2 is 1.23 bits per heavy atom. The number of hydrogen-bond acceptors (Lipinski definition) is 2. The highest BCUT2D eigenvalue weighted by Crippen LogP contribution is 2.44. The Hall–Kier alpha value is -5.10. The van der Waals surface area contributed by atoms with Gasteiger partial charge >= 0.3 is 5.97 Å². The predicted molar refractivity (Wildman–Crippen MR) is 147 cm³/mol. The van der Waals surface area contributed by atoms with E-state index in [4.69, 9.17) is 5.10 Å². The first-order valence-corrected chi connectivity index (χ1v) is 12.4. The fraction of sp³-hybridized carbons (Fsp3) is 0.0303. The van der Waals surface area contributed by atoms with Crippen LogP contribution < -0.4 is 0 Å². The molecule has 0 spiro atoms. The van der Waals surface area contributed by atoms with Gasteiger partial charge in [0.1, 0.15) is 22.9 Å². The van der Waals surface area contributed by atoms with Crippen LogP contribution in [-0.2, 0) is 5.54 Å². The standard InChI is InChI=1S/C33H22F2N2O2/c34-26-18-10-11-22(19-26)31-28-20-27(32(38)39)29(35)21-30(28)37(36-31)33(23-12-4-1-5-13-23,24-14-6-2-7-15-24)25-16-8-3-9-17-25/h1-21H,(H,38,39). The van der Waals surface area contributed by atoms with Crippen LogP contribution >= 0.6 is 0 Å². The number of carbonyl (C=O) groups is 1. The summed E-state index contributed by atoms with van der Waals surface area (Å²) in [4.78, 5) is 11.9. The lowest BCUT2D eigenvalue weighted by molar-refractivity contribution is 0.0692. The van der Waals surface area contributed by atoms with Gasteiger partial charge in [0.05, 0.1) is 11.1 Å². The highest BCUT2D eigenvalue weighted by Gasteiger charge is 2.41. The molecule has 0 atom stereocenters. The fourth-order valence-corrected chi connectivity index (χ4v) is 5.31. The molecule has 0 fully saturated rings. The molecule has 1 N–H and O–H groups in total. The third-order valence-corrected chi connectivity index (χ3v) is 6.99. The molecular weight excluding hydrogens is 494 g/mol. The molecule has 1 aromatic heterocycles. The van der Waals surface area contributed by atoms with E-state index in [1.807, 2.05) is 91.0 Å². The number of rotatable bonds is 6. The molecule has 6 aromatic rings. The van der Waals surface area contributed by atoms with Gasteiger partial charge in [0.2, 0.25) is 0 Å². The molecule has 4 nitrogen and oxygen atoms in total. The van der Waals surface area contributed by atoms with Crippen LogP contribution in [0, 0.1) is 11.6 Å². The minimum Gasteiger partial charge on any atom is -0.478 e. The van der Waals surface area contributed by atoms with Crippen LogP contribution in [-0.4, -0.2) is 20.9 Å². The molecule has 39 heavy (non-hydrogen) atoms. The third-order valence-electron chi connectivity index (χ3n) is 6.99. The van der Waals surface area contributed by atoms with Crippen molar-refractivity contribution in [2.45, 2.75) is 5.54 Å². The van der Waals surface area contributed by atoms with Crippen LogP contribution in [0.2, 0.25) is 0 Å². The van der Waals surface area contributed by atoms with Gasteiger partial charge in [-0.1, -0.05) is 103 Å². The molecule has 0 saturated heterocycles. The lowest BCUT2D eigenvalue weighted by atomic mass is 9.77. The maximum absolute atomic E-state index is 15.3. The van der Waals surface area contributed by atoms with E-state index in [-0.39, 0.29) is 0 Å². The van der Waals surface area contributed by atoms with Gasteiger partial charge in [-0.3, -0.25) is 0 Å². The van der Waals surface area contributed by atoms with Crippen molar-refractivity contribution in [1.29, 1.82) is 0 Å². The molecule has 0 amide bonds. The van der Waals surface area contributed by atoms with Crippen molar-refractivity contribution in [2.75, 3.05) is 0 Å². The maximum atomic E-state index is 15.3. The van der Waals surface area contributed by atoms with Gasteiger partial charge < -0.3 is 5.11 Å². The summed E-state index contributed by atoms with van der Waals surface area (Å²) >= 11 is 0. The average Bonchev–Trinajstić information content (AvgIpc) is 3.33. The average molecular weight is 517 g/mol. The first kappa shape index (κ1) is 24.2. The highest BCUT2D eigenvalue weighted by atomic mass is 19.1. The Morgan fingerprint density at radius 3 is 1.72 bits per heavy atom. The molecular formula is C33H22F2N2O2. The second kappa shape index (κ2) is 9.65. The molecule has 6 rings (SSSR count). The fourth-order valence-electron chi connectivity index (χ4n) is 5.31. The summed E-state index contributed by atoms with van der Waals surface area (Å²) < 4.78 is 31.4. The quantitative estimate of drug-likeness (QED) is 0.233. The number of carboxylic acid groups (broad SMARTS) is 1. The largest absolute Gasteiger partial charge is 0.478 e. The molecule has 0 radical (unpaired) electrons. The third kappa shape index (κ3) is 3.97. The normalized spacial score (nSPS) is 11.5. The summed E-state index contributed by atoms with van der Waals surface area (Å²) in [5.41, 5.74) is 2.19. The highest BCUT2D eigenvalue weighted by molar-refractivity contribution is 6.00. The Bertz CT molecular complexity index is 1700. The first-order valence-electron chi connectivity index (χ1n) is 12.4. The van der Waals surface area contributed by atoms with Crippen molar-refractivity contribution in [3.63, 3.8) is 0 Å². The number of benzene rings is 5. The maximum Gasteiger partial charge on any atom is 0.338 e. The van der Waals surface area contributed by atoms with Crippen LogP contribution in [0.15, 0.2) is 127 Å². The zero-order valence-corrected chi connectivity index (χ0v) is 20.6. The number of nitrogens with zero attached hydrogens (tertiary/aromatic N) is 2. The van der Waals surface area contributed by atoms with E-state index < -0.39 is 28.7 Å². The van der Waals surface area contributed by atoms with E-state index in [2.05, 4.69) is 0 Å². The second-order valence-corrected chi connectivity index (χ2v) is 9.23. The summed E-state index contributed by atoms with van der Waals surface area (Å²) in [6.07, 6.45) is 0. The van der Waals surface area contributed by atoms with Crippen molar-refractivity contribution in [3.05, 3.63) is 161 Å². The van der Waals surface area contributed by atoms with Crippen LogP contribution in [0.25, 0.3) is 22.2 Å². The topological polar surface area (TPSA) is 55.1 Å². The number of hydrogen-bond donors (Lipinski definition) is 1. The molecule has 0 aliphatic rings. The van der Waals surface area contributed by atoms with Crippen LogP contribution in [0.1, 0.15) is 27.0 Å². The number of aromatic carboxylic acids is 1. The van der Waals surface area contributed by atoms with Crippen molar-refractivity contribution in [3.8, 4) is 11.3 Å². The van der Waals surface area contributed by atoms with Gasteiger partial charge in [0.15, 0.2) is 0 Å². The molecule has 6 heteroatoms. The Balaban J connectivity index is 1.83. The Kier molecular flexibility index (Phi) is 6.00. The van der Waals surface area contributed by atoms with Gasteiger partial charge in [-0.2, -0.15) is 5.10 Å². The lowest BCUT2D eigenvalue weighted by Gasteiger charge is -2.37. The van der Waals surface area contributed by atoms with E-state index in [9.17, 15) is 14.3 Å². The summed E-state index contributed by atoms with van der Waals surface area (Å²) in [6.45, 7) is 0. The van der Waals surface area contributed by atoms with Gasteiger partial charge in [-0.05, 0) is 34.9 Å². The second-order valence-electron chi connectivity index (χ2n) is 9.23. The summed E-state index contributed by atoms with van der Waals surface area (Å²) in [6, 6.07) is 37.7. The van der Waals surface area contributed by atoms with Crippen molar-refractivity contribution in [1.82, 2.24) is 9.78 Å². The SMILES string of the molecule is O=C(O)c1cc2c(-c3cccc(F)c3)nn(C(c3ccccc3)(c3ccccc3)c3ccccc3)c2cc1F. The number of aromatic nitrogens is 2. The Labute approximate surface area is 223 Å². The molecule has 0 saturated carbocycles. The summed E-state index contributed by atoms with van der Waals surface area (Å²) in [5, 5.41) is 15.1. The molecule has 5 aromatic carbocycles. The summed E-state index contributed by atoms with van der Waals surface area (Å²) in [7, 11) is 0. The zero-order chi connectivity index (χ0) is 27.0. The van der Waals surface area contributed by atoms with Gasteiger partial charge in [0.25, 0.3) is 0 Å². The van der Waals surface area contributed by atoms with Gasteiger partial charge in [0, 0.05) is 17.0 Å². The van der Waals surface area contributed by atoms with E-state index in [1.165, 1.54) is 24.3 Å². The molecule has 0 aliphatic heterocycles. The molecule has 0 aliphatic carbocycles. The minimum atomic E-state index is -1.40. The van der Waals surface area contributed by atoms with Crippen molar-refractivity contribution < 1.29 is 18.7 Å². The van der Waals surface area contributed by atoms with Crippen LogP contribution in [0.3, 0.4) is 0 Å². The van der Waals surface area contributed by atoms with Crippen LogP contribution in [0.5, 0.6) is 0 Å². The number of halogens is 2. The first-order chi connectivity index (χ1) is 19.0. The minimum absolute atomic E-state index is 0.346. The van der Waals surface area contributed by atoms with Crippen molar-refractivity contribution >= 4 is 16.9 Å². The number of fused-ring (bicyclic) bond motifs is 1. The Morgan fingerprint density at radius 1 is 0.692 bits per heavy atom. The predicted octanol–water partition coefficient (Wildman–Crippen LogP) is 7.52. The smallest absolute Gasteiger partial charge is 0.338 e. The zero-order valence-electron chi connectivity index (χ0n) is 20.6. The van der Waals surface area contributed by atoms with Gasteiger partial charge in [-0.25, -0.2) is 18.3 Å². The number of carboxylic acids is 1. The van der Waals surface area contributed by atoms with E-state index in [1.54, 1.807) is 16.8 Å². The molecule has 0 bridgehead atoms. The van der Waals surface area contributed by atoms with Gasteiger partial charge in [-0.15, -0.1) is 0 Å². The lowest BCUT2D eigenvalue weighted by Crippen LogP contribution is -2.38. The van der Waals surface area contributed by atoms with E-state index in [0.29, 0.717) is 22.2 Å².